The van der Waals surface area contributed by atoms with Gasteiger partial charge in [0, 0.05) is 6.42 Å². The maximum atomic E-state index is 2.62. The minimum atomic E-state index is 1.23. The van der Waals surface area contributed by atoms with Crippen LogP contribution in [0.1, 0.15) is 213 Å². The molecule has 0 spiro atoms. The molecule has 0 bridgehead atoms. The summed E-state index contributed by atoms with van der Waals surface area (Å²) in [7, 11) is 0. The minimum Gasteiger partial charge on any atom is -0.234 e. The van der Waals surface area contributed by atoms with E-state index in [9.17, 15) is 0 Å². The van der Waals surface area contributed by atoms with Crippen molar-refractivity contribution < 1.29 is 4.57 Å². The molecule has 0 aliphatic carbocycles. The van der Waals surface area contributed by atoms with E-state index in [4.69, 9.17) is 0 Å². The molecule has 0 N–H and O–H groups in total. The monoisotopic (exact) mass is 560 g/mol. The van der Waals surface area contributed by atoms with E-state index in [1.807, 2.05) is 0 Å². The van der Waals surface area contributed by atoms with Gasteiger partial charge in [-0.05, 0) is 32.1 Å². The number of rotatable bonds is 32. The van der Waals surface area contributed by atoms with E-state index in [0.29, 0.717) is 0 Å². The molecule has 0 aromatic carbocycles. The molecule has 0 fully saturated rings. The lowest BCUT2D eigenvalue weighted by Gasteiger charge is -2.07. The van der Waals surface area contributed by atoms with Gasteiger partial charge < -0.3 is 0 Å². The molecule has 40 heavy (non-hydrogen) atoms. The summed E-state index contributed by atoms with van der Waals surface area (Å²) in [6, 6.07) is 0. The van der Waals surface area contributed by atoms with Crippen molar-refractivity contribution in [3.8, 4) is 0 Å². The summed E-state index contributed by atoms with van der Waals surface area (Å²) in [5.41, 5.74) is 0. The summed E-state index contributed by atoms with van der Waals surface area (Å²) in [4.78, 5) is 0. The lowest BCUT2D eigenvalue weighted by atomic mass is 10.0. The van der Waals surface area contributed by atoms with E-state index in [1.54, 1.807) is 5.82 Å². The molecule has 2 nitrogen and oxygen atoms in total. The number of imidazole rings is 1. The van der Waals surface area contributed by atoms with Crippen molar-refractivity contribution in [3.05, 3.63) is 18.2 Å². The first-order valence-electron chi connectivity index (χ1n) is 18.9. The highest BCUT2D eigenvalue weighted by atomic mass is 15.1. The molecule has 0 saturated heterocycles. The van der Waals surface area contributed by atoms with Crippen LogP contribution in [0.25, 0.3) is 0 Å². The standard InChI is InChI=1S/C38H75N2/c1-4-7-10-13-15-17-19-20-21-22-24-26-29-32-35-40-37-36-39(38(40)33-30-27-12-9-6-3)34-31-28-25-23-18-16-14-11-8-5-2/h36-37H,4-35H2,1-3H3/q+1. The first-order chi connectivity index (χ1) is 19.8. The SMILES string of the molecule is CCCCCCCCCCCCCCCC[n+]1ccn(CCCCCCCCCCCC)c1CCCCCCC. The second-order valence-electron chi connectivity index (χ2n) is 13.0. The van der Waals surface area contributed by atoms with Gasteiger partial charge in [0.25, 0.3) is 5.82 Å². The van der Waals surface area contributed by atoms with Crippen molar-refractivity contribution in [1.82, 2.24) is 4.57 Å². The van der Waals surface area contributed by atoms with Gasteiger partial charge in [-0.1, -0.05) is 175 Å². The average molecular weight is 560 g/mol. The summed E-state index contributed by atoms with van der Waals surface area (Å²) in [6.45, 7) is 9.40. The smallest absolute Gasteiger partial charge is 0.234 e. The zero-order valence-corrected chi connectivity index (χ0v) is 28.2. The van der Waals surface area contributed by atoms with Gasteiger partial charge in [-0.3, -0.25) is 0 Å². The molecule has 1 aromatic rings. The number of aryl methyl sites for hydroxylation is 2. The van der Waals surface area contributed by atoms with E-state index in [-0.39, 0.29) is 0 Å². The third kappa shape index (κ3) is 21.9. The molecule has 0 aliphatic rings. The van der Waals surface area contributed by atoms with Gasteiger partial charge in [-0.15, -0.1) is 0 Å². The van der Waals surface area contributed by atoms with E-state index in [2.05, 4.69) is 42.3 Å². The fraction of sp³-hybridized carbons (Fsp3) is 0.921. The Kier molecular flexibility index (Phi) is 27.6. The maximum Gasteiger partial charge on any atom is 0.256 e. The minimum absolute atomic E-state index is 1.23. The van der Waals surface area contributed by atoms with E-state index >= 15 is 0 Å². The molecule has 2 heteroatoms. The molecule has 0 aliphatic heterocycles. The Morgan fingerprint density at radius 3 is 1.20 bits per heavy atom. The first-order valence-corrected chi connectivity index (χ1v) is 18.9. The Morgan fingerprint density at radius 1 is 0.425 bits per heavy atom. The number of unbranched alkanes of at least 4 members (excludes halogenated alkanes) is 26. The van der Waals surface area contributed by atoms with E-state index in [1.165, 1.54) is 206 Å². The van der Waals surface area contributed by atoms with Crippen molar-refractivity contribution in [2.45, 2.75) is 226 Å². The highest BCUT2D eigenvalue weighted by Gasteiger charge is 2.16. The van der Waals surface area contributed by atoms with Crippen molar-refractivity contribution in [1.29, 1.82) is 0 Å². The topological polar surface area (TPSA) is 8.81 Å². The zero-order valence-electron chi connectivity index (χ0n) is 28.2. The predicted molar refractivity (Wildman–Crippen MR) is 179 cm³/mol. The van der Waals surface area contributed by atoms with Crippen molar-refractivity contribution in [2.75, 3.05) is 0 Å². The number of nitrogens with zero attached hydrogens (tertiary/aromatic N) is 2. The number of hydrogen-bond donors (Lipinski definition) is 0. The molecule has 0 atom stereocenters. The molecule has 1 heterocycles. The quantitative estimate of drug-likeness (QED) is 0.0613. The Hall–Kier alpha value is -0.790. The Balaban J connectivity index is 2.21. The van der Waals surface area contributed by atoms with E-state index in [0.717, 1.165) is 0 Å². The summed E-state index contributed by atoms with van der Waals surface area (Å²) in [5, 5.41) is 0. The van der Waals surface area contributed by atoms with Crippen molar-refractivity contribution >= 4 is 0 Å². The van der Waals surface area contributed by atoms with Gasteiger partial charge in [-0.25, -0.2) is 9.13 Å². The summed E-state index contributed by atoms with van der Waals surface area (Å²) in [5.74, 6) is 1.61. The Labute approximate surface area is 253 Å². The van der Waals surface area contributed by atoms with Gasteiger partial charge in [0.2, 0.25) is 0 Å². The lowest BCUT2D eigenvalue weighted by molar-refractivity contribution is -0.704. The van der Waals surface area contributed by atoms with Crippen LogP contribution < -0.4 is 4.57 Å². The van der Waals surface area contributed by atoms with Crippen LogP contribution in [0.3, 0.4) is 0 Å². The van der Waals surface area contributed by atoms with Crippen molar-refractivity contribution in [3.63, 3.8) is 0 Å². The largest absolute Gasteiger partial charge is 0.256 e. The Bertz CT molecular complexity index is 619. The molecule has 0 radical (unpaired) electrons. The van der Waals surface area contributed by atoms with Crippen LogP contribution in [0.15, 0.2) is 12.4 Å². The van der Waals surface area contributed by atoms with Crippen LogP contribution in [-0.4, -0.2) is 4.57 Å². The molecule has 0 unspecified atom stereocenters. The Morgan fingerprint density at radius 2 is 0.775 bits per heavy atom. The van der Waals surface area contributed by atoms with Crippen LogP contribution in [-0.2, 0) is 19.5 Å². The third-order valence-corrected chi connectivity index (χ3v) is 9.10. The van der Waals surface area contributed by atoms with Crippen molar-refractivity contribution in [2.24, 2.45) is 0 Å². The van der Waals surface area contributed by atoms with Crippen LogP contribution in [0.2, 0.25) is 0 Å². The number of hydrogen-bond acceptors (Lipinski definition) is 0. The lowest BCUT2D eigenvalue weighted by Crippen LogP contribution is -2.37. The fourth-order valence-corrected chi connectivity index (χ4v) is 6.33. The molecule has 1 aromatic heterocycles. The highest BCUT2D eigenvalue weighted by Crippen LogP contribution is 2.15. The summed E-state index contributed by atoms with van der Waals surface area (Å²) >= 11 is 0. The average Bonchev–Trinajstić information content (AvgIpc) is 3.35. The molecule has 0 saturated carbocycles. The first kappa shape index (κ1) is 37.2. The van der Waals surface area contributed by atoms with Gasteiger partial charge in [-0.2, -0.15) is 0 Å². The van der Waals surface area contributed by atoms with Gasteiger partial charge in [0.15, 0.2) is 0 Å². The van der Waals surface area contributed by atoms with Gasteiger partial charge >= 0.3 is 0 Å². The second kappa shape index (κ2) is 29.7. The van der Waals surface area contributed by atoms with Crippen LogP contribution in [0, 0.1) is 0 Å². The normalized spacial score (nSPS) is 11.6. The van der Waals surface area contributed by atoms with Crippen LogP contribution in [0.5, 0.6) is 0 Å². The van der Waals surface area contributed by atoms with Crippen LogP contribution >= 0.6 is 0 Å². The molecular weight excluding hydrogens is 484 g/mol. The molecule has 0 amide bonds. The van der Waals surface area contributed by atoms with Crippen LogP contribution in [0.4, 0.5) is 0 Å². The third-order valence-electron chi connectivity index (χ3n) is 9.10. The molecule has 1 rings (SSSR count). The van der Waals surface area contributed by atoms with E-state index < -0.39 is 0 Å². The molecular formula is C38H75N2+. The second-order valence-corrected chi connectivity index (χ2v) is 13.0. The maximum absolute atomic E-state index is 2.62. The predicted octanol–water partition coefficient (Wildman–Crippen LogP) is 12.7. The zero-order chi connectivity index (χ0) is 28.8. The summed E-state index contributed by atoms with van der Waals surface area (Å²) in [6.07, 6.45) is 47.4. The summed E-state index contributed by atoms with van der Waals surface area (Å²) < 4.78 is 5.24. The number of aromatic nitrogens is 2. The fourth-order valence-electron chi connectivity index (χ4n) is 6.33. The molecule has 236 valence electrons. The van der Waals surface area contributed by atoms with Gasteiger partial charge in [0.1, 0.15) is 12.4 Å². The highest BCUT2D eigenvalue weighted by molar-refractivity contribution is 4.84. The van der Waals surface area contributed by atoms with Gasteiger partial charge in [0.05, 0.1) is 13.1 Å².